The first-order valence-corrected chi connectivity index (χ1v) is 8.67. The third kappa shape index (κ3) is 2.23. The Morgan fingerprint density at radius 3 is 2.63 bits per heavy atom. The Hall–Kier alpha value is -0.470. The predicted molar refractivity (Wildman–Crippen MR) is 71.6 cm³/mol. The number of hydrogen-bond donors (Lipinski definition) is 1. The van der Waals surface area contributed by atoms with Crippen LogP contribution < -0.4 is 0 Å². The Balaban J connectivity index is 1.96. The molecule has 0 aliphatic carbocycles. The molecule has 2 aliphatic rings. The Labute approximate surface area is 116 Å². The second-order valence-corrected chi connectivity index (χ2v) is 7.95. The first-order valence-electron chi connectivity index (χ1n) is 6.36. The molecule has 2 unspecified atom stereocenters. The summed E-state index contributed by atoms with van der Waals surface area (Å²) < 4.78 is 32.7. The molecule has 1 N–H and O–H groups in total. The molecule has 7 heteroatoms. The molecule has 0 radical (unpaired) electrons. The van der Waals surface area contributed by atoms with Gasteiger partial charge in [-0.2, -0.15) is 4.31 Å². The smallest absolute Gasteiger partial charge is 0.244 e. The van der Waals surface area contributed by atoms with Crippen LogP contribution in [0, 0.1) is 6.92 Å². The summed E-state index contributed by atoms with van der Waals surface area (Å²) in [6, 6.07) is 0. The van der Waals surface area contributed by atoms with Crippen LogP contribution in [0.4, 0.5) is 0 Å². The molecule has 2 aliphatic heterocycles. The topological polar surface area (TPSA) is 66.8 Å². The molecule has 1 aromatic heterocycles. The van der Waals surface area contributed by atoms with Gasteiger partial charge in [0, 0.05) is 13.1 Å². The lowest BCUT2D eigenvalue weighted by Crippen LogP contribution is -2.45. The summed E-state index contributed by atoms with van der Waals surface area (Å²) in [4.78, 5) is 0.817. The van der Waals surface area contributed by atoms with Crippen LogP contribution in [0.5, 0.6) is 0 Å². The third-order valence-corrected chi connectivity index (χ3v) is 7.02. The molecule has 0 spiro atoms. The van der Waals surface area contributed by atoms with Gasteiger partial charge >= 0.3 is 0 Å². The molecule has 19 heavy (non-hydrogen) atoms. The molecule has 2 atom stereocenters. The van der Waals surface area contributed by atoms with Crippen LogP contribution in [0.1, 0.15) is 23.3 Å². The van der Waals surface area contributed by atoms with Crippen molar-refractivity contribution in [2.75, 3.05) is 13.1 Å². The van der Waals surface area contributed by atoms with E-state index in [1.807, 2.05) is 0 Å². The zero-order valence-electron chi connectivity index (χ0n) is 10.7. The lowest BCUT2D eigenvalue weighted by molar-refractivity contribution is -0.0114. The molecule has 106 valence electrons. The summed E-state index contributed by atoms with van der Waals surface area (Å²) >= 11 is 1.30. The Morgan fingerprint density at radius 1 is 1.42 bits per heavy atom. The second-order valence-electron chi connectivity index (χ2n) is 5.11. The fourth-order valence-corrected chi connectivity index (χ4v) is 5.96. The summed E-state index contributed by atoms with van der Waals surface area (Å²) in [6.45, 7) is 2.40. The van der Waals surface area contributed by atoms with E-state index in [1.54, 1.807) is 12.3 Å². The third-order valence-electron chi connectivity index (χ3n) is 3.74. The summed E-state index contributed by atoms with van der Waals surface area (Å²) in [5.74, 6) is 0. The number of nitrogens with zero attached hydrogens (tertiary/aromatic N) is 1. The highest BCUT2D eigenvalue weighted by atomic mass is 32.2. The van der Waals surface area contributed by atoms with Crippen LogP contribution in [-0.4, -0.2) is 43.1 Å². The number of ether oxygens (including phenoxy) is 1. The molecule has 2 saturated heterocycles. The van der Waals surface area contributed by atoms with E-state index >= 15 is 0 Å². The van der Waals surface area contributed by atoms with Gasteiger partial charge in [0.05, 0.1) is 23.7 Å². The van der Waals surface area contributed by atoms with Gasteiger partial charge in [-0.1, -0.05) is 0 Å². The van der Waals surface area contributed by atoms with E-state index in [0.29, 0.717) is 28.4 Å². The van der Waals surface area contributed by atoms with Gasteiger partial charge in [0.1, 0.15) is 4.90 Å². The van der Waals surface area contributed by atoms with Crippen molar-refractivity contribution in [3.63, 3.8) is 0 Å². The van der Waals surface area contributed by atoms with Crippen LogP contribution in [0.25, 0.3) is 0 Å². The van der Waals surface area contributed by atoms with Gasteiger partial charge in [-0.05, 0) is 30.7 Å². The quantitative estimate of drug-likeness (QED) is 0.908. The number of aliphatic hydroxyl groups excluding tert-OH is 1. The molecule has 0 amide bonds. The molecular formula is C12H17NO4S2. The van der Waals surface area contributed by atoms with Crippen LogP contribution in [0.2, 0.25) is 0 Å². The Bertz CT molecular complexity index is 569. The van der Waals surface area contributed by atoms with Gasteiger partial charge in [-0.3, -0.25) is 0 Å². The standard InChI is InChI=1S/C12H17NO4S2/c1-8-7-18-11(6-14)12(8)19(15,16)13-4-9-2-3-10(5-13)17-9/h7,9-10,14H,2-6H2,1H3. The number of morpholine rings is 1. The van der Waals surface area contributed by atoms with Crippen LogP contribution in [0.3, 0.4) is 0 Å². The van der Waals surface area contributed by atoms with Crippen molar-refractivity contribution in [3.8, 4) is 0 Å². The number of sulfonamides is 1. The van der Waals surface area contributed by atoms with Crippen molar-refractivity contribution in [1.82, 2.24) is 4.31 Å². The maximum atomic E-state index is 12.7. The van der Waals surface area contributed by atoms with Crippen molar-refractivity contribution in [2.24, 2.45) is 0 Å². The summed E-state index contributed by atoms with van der Waals surface area (Å²) in [5, 5.41) is 11.1. The number of fused-ring (bicyclic) bond motifs is 2. The monoisotopic (exact) mass is 303 g/mol. The zero-order chi connectivity index (χ0) is 13.6. The van der Waals surface area contributed by atoms with E-state index in [1.165, 1.54) is 15.6 Å². The van der Waals surface area contributed by atoms with E-state index in [2.05, 4.69) is 0 Å². The molecule has 5 nitrogen and oxygen atoms in total. The molecule has 0 saturated carbocycles. The number of hydrogen-bond acceptors (Lipinski definition) is 5. The molecule has 1 aromatic rings. The van der Waals surface area contributed by atoms with E-state index in [-0.39, 0.29) is 18.8 Å². The second kappa shape index (κ2) is 4.82. The highest BCUT2D eigenvalue weighted by molar-refractivity contribution is 7.89. The first-order chi connectivity index (χ1) is 9.02. The number of aryl methyl sites for hydroxylation is 1. The fraction of sp³-hybridized carbons (Fsp3) is 0.667. The van der Waals surface area contributed by atoms with E-state index in [9.17, 15) is 13.5 Å². The molecule has 0 aromatic carbocycles. The van der Waals surface area contributed by atoms with Gasteiger partial charge in [0.15, 0.2) is 0 Å². The maximum absolute atomic E-state index is 12.7. The maximum Gasteiger partial charge on any atom is 0.244 e. The minimum Gasteiger partial charge on any atom is -0.391 e. The van der Waals surface area contributed by atoms with Crippen LogP contribution in [0.15, 0.2) is 10.3 Å². The molecular weight excluding hydrogens is 286 g/mol. The average molecular weight is 303 g/mol. The van der Waals surface area contributed by atoms with Gasteiger partial charge in [0.2, 0.25) is 10.0 Å². The van der Waals surface area contributed by atoms with Crippen molar-refractivity contribution in [3.05, 3.63) is 15.8 Å². The number of aliphatic hydroxyl groups is 1. The lowest BCUT2D eigenvalue weighted by Gasteiger charge is -2.31. The Morgan fingerprint density at radius 2 is 2.05 bits per heavy atom. The van der Waals surface area contributed by atoms with Gasteiger partial charge in [-0.15, -0.1) is 11.3 Å². The zero-order valence-corrected chi connectivity index (χ0v) is 12.3. The van der Waals surface area contributed by atoms with Crippen molar-refractivity contribution < 1.29 is 18.3 Å². The minimum absolute atomic E-state index is 0.0324. The van der Waals surface area contributed by atoms with Gasteiger partial charge < -0.3 is 9.84 Å². The number of thiophene rings is 1. The average Bonchev–Trinajstić information content (AvgIpc) is 2.92. The van der Waals surface area contributed by atoms with Crippen molar-refractivity contribution >= 4 is 21.4 Å². The first kappa shape index (κ1) is 13.5. The van der Waals surface area contributed by atoms with Crippen molar-refractivity contribution in [2.45, 2.75) is 43.5 Å². The van der Waals surface area contributed by atoms with Crippen LogP contribution in [-0.2, 0) is 21.4 Å². The SMILES string of the molecule is Cc1csc(CO)c1S(=O)(=O)N1CC2CCC(C1)O2. The fourth-order valence-electron chi connectivity index (χ4n) is 2.85. The highest BCUT2D eigenvalue weighted by Crippen LogP contribution is 2.34. The summed E-state index contributed by atoms with van der Waals surface area (Å²) in [5.41, 5.74) is 0.716. The summed E-state index contributed by atoms with van der Waals surface area (Å²) in [7, 11) is -3.51. The van der Waals surface area contributed by atoms with Crippen molar-refractivity contribution in [1.29, 1.82) is 0 Å². The lowest BCUT2D eigenvalue weighted by atomic mass is 10.2. The highest BCUT2D eigenvalue weighted by Gasteiger charge is 2.40. The normalized spacial score (nSPS) is 27.9. The van der Waals surface area contributed by atoms with Gasteiger partial charge in [0.25, 0.3) is 0 Å². The van der Waals surface area contributed by atoms with Gasteiger partial charge in [-0.25, -0.2) is 8.42 Å². The minimum atomic E-state index is -3.51. The molecule has 3 heterocycles. The van der Waals surface area contributed by atoms with Crippen LogP contribution >= 0.6 is 11.3 Å². The Kier molecular flexibility index (Phi) is 3.43. The molecule has 2 fully saturated rings. The van der Waals surface area contributed by atoms with E-state index in [0.717, 1.165) is 12.8 Å². The molecule has 3 rings (SSSR count). The van der Waals surface area contributed by atoms with E-state index < -0.39 is 10.0 Å². The predicted octanol–water partition coefficient (Wildman–Crippen LogP) is 1.10. The molecule has 2 bridgehead atoms. The largest absolute Gasteiger partial charge is 0.391 e. The number of rotatable bonds is 3. The summed E-state index contributed by atoms with van der Waals surface area (Å²) in [6.07, 6.45) is 1.94. The van der Waals surface area contributed by atoms with E-state index in [4.69, 9.17) is 4.74 Å².